The van der Waals surface area contributed by atoms with Crippen molar-refractivity contribution in [3.8, 4) is 0 Å². The van der Waals surface area contributed by atoms with Crippen LogP contribution >= 0.6 is 23.2 Å². The van der Waals surface area contributed by atoms with Crippen molar-refractivity contribution in [3.63, 3.8) is 0 Å². The molecule has 0 spiro atoms. The van der Waals surface area contributed by atoms with E-state index in [1.165, 1.54) is 6.07 Å². The fourth-order valence-corrected chi connectivity index (χ4v) is 3.00. The van der Waals surface area contributed by atoms with Crippen molar-refractivity contribution in [3.05, 3.63) is 79.6 Å². The van der Waals surface area contributed by atoms with Gasteiger partial charge in [-0.1, -0.05) is 35.3 Å². The molecular weight excluding hydrogens is 359 g/mol. The first-order valence-corrected chi connectivity index (χ1v) is 8.55. The molecule has 0 saturated carbocycles. The van der Waals surface area contributed by atoms with Crippen LogP contribution in [0, 0.1) is 6.92 Å². The minimum absolute atomic E-state index is 0.145. The molecule has 25 heavy (non-hydrogen) atoms. The zero-order chi connectivity index (χ0) is 18.0. The molecule has 0 bridgehead atoms. The Kier molecular flexibility index (Phi) is 5.11. The molecule has 128 valence electrons. The summed E-state index contributed by atoms with van der Waals surface area (Å²) < 4.78 is 0. The molecule has 1 heterocycles. The van der Waals surface area contributed by atoms with Crippen LogP contribution in [0.2, 0.25) is 10.0 Å². The molecule has 0 atom stereocenters. The number of aromatic nitrogens is 1. The van der Waals surface area contributed by atoms with Crippen molar-refractivity contribution >= 4 is 40.0 Å². The lowest BCUT2D eigenvalue weighted by Crippen LogP contribution is -2.27. The van der Waals surface area contributed by atoms with E-state index in [4.69, 9.17) is 23.2 Å². The Morgan fingerprint density at radius 3 is 2.72 bits per heavy atom. The summed E-state index contributed by atoms with van der Waals surface area (Å²) in [6.45, 7) is 2.30. The number of nitrogens with one attached hydrogen (secondary N) is 2. The lowest BCUT2D eigenvalue weighted by molar-refractivity contribution is 0.0954. The Labute approximate surface area is 154 Å². The number of rotatable bonds is 4. The van der Waals surface area contributed by atoms with Gasteiger partial charge in [-0.25, -0.2) is 0 Å². The van der Waals surface area contributed by atoms with Crippen LogP contribution in [0.1, 0.15) is 21.5 Å². The molecule has 3 aromatic rings. The highest BCUT2D eigenvalue weighted by molar-refractivity contribution is 6.35. The summed E-state index contributed by atoms with van der Waals surface area (Å²) in [5.41, 5.74) is 2.68. The number of hydrogen-bond acceptors (Lipinski definition) is 2. The zero-order valence-electron chi connectivity index (χ0n) is 13.5. The van der Waals surface area contributed by atoms with Crippen molar-refractivity contribution in [2.45, 2.75) is 13.3 Å². The second-order valence-corrected chi connectivity index (χ2v) is 6.69. The Bertz CT molecular complexity index is 1010. The smallest absolute Gasteiger partial charge is 0.252 e. The monoisotopic (exact) mass is 374 g/mol. The van der Waals surface area contributed by atoms with Gasteiger partial charge in [-0.15, -0.1) is 0 Å². The Morgan fingerprint density at radius 2 is 1.92 bits per heavy atom. The fraction of sp³-hybridized carbons (Fsp3) is 0.158. The van der Waals surface area contributed by atoms with Crippen molar-refractivity contribution in [1.82, 2.24) is 10.3 Å². The average Bonchev–Trinajstić information content (AvgIpc) is 2.57. The molecule has 0 unspecified atom stereocenters. The molecule has 2 N–H and O–H groups in total. The van der Waals surface area contributed by atoms with Crippen LogP contribution in [0.4, 0.5) is 0 Å². The molecule has 0 radical (unpaired) electrons. The third-order valence-electron chi connectivity index (χ3n) is 3.93. The van der Waals surface area contributed by atoms with Gasteiger partial charge in [0, 0.05) is 22.6 Å². The fourth-order valence-electron chi connectivity index (χ4n) is 2.62. The number of carbonyl (C=O) groups excluding carboxylic acids is 1. The third-order valence-corrected chi connectivity index (χ3v) is 4.50. The third kappa shape index (κ3) is 4.03. The van der Waals surface area contributed by atoms with Crippen LogP contribution in [0.15, 0.2) is 47.3 Å². The van der Waals surface area contributed by atoms with E-state index in [1.54, 1.807) is 12.1 Å². The Morgan fingerprint density at radius 1 is 1.12 bits per heavy atom. The SMILES string of the molecule is Cc1ccc2cc(CCNC(=O)c3cc(Cl)ccc3Cl)c(=O)[nH]c2c1. The number of H-pyrrole nitrogens is 1. The van der Waals surface area contributed by atoms with Gasteiger partial charge < -0.3 is 10.3 Å². The molecule has 6 heteroatoms. The van der Waals surface area contributed by atoms with Gasteiger partial charge in [-0.3, -0.25) is 9.59 Å². The van der Waals surface area contributed by atoms with Gasteiger partial charge in [0.25, 0.3) is 11.5 Å². The van der Waals surface area contributed by atoms with Crippen LogP contribution in [0.25, 0.3) is 10.9 Å². The first kappa shape index (κ1) is 17.5. The van der Waals surface area contributed by atoms with Crippen LogP contribution in [0.3, 0.4) is 0 Å². The highest BCUT2D eigenvalue weighted by Crippen LogP contribution is 2.20. The maximum absolute atomic E-state index is 12.2. The predicted octanol–water partition coefficient (Wildman–Crippen LogP) is 4.12. The number of aryl methyl sites for hydroxylation is 1. The van der Waals surface area contributed by atoms with Crippen molar-refractivity contribution < 1.29 is 4.79 Å². The lowest BCUT2D eigenvalue weighted by atomic mass is 10.1. The maximum Gasteiger partial charge on any atom is 0.252 e. The summed E-state index contributed by atoms with van der Waals surface area (Å²) in [5.74, 6) is -0.319. The number of benzene rings is 2. The van der Waals surface area contributed by atoms with E-state index < -0.39 is 0 Å². The number of halogens is 2. The molecule has 0 fully saturated rings. The maximum atomic E-state index is 12.2. The highest BCUT2D eigenvalue weighted by atomic mass is 35.5. The number of fused-ring (bicyclic) bond motifs is 1. The molecule has 1 aromatic heterocycles. The normalized spacial score (nSPS) is 10.8. The second-order valence-electron chi connectivity index (χ2n) is 5.84. The molecule has 2 aromatic carbocycles. The van der Waals surface area contributed by atoms with Crippen molar-refractivity contribution in [2.24, 2.45) is 0 Å². The number of pyridine rings is 1. The summed E-state index contributed by atoms with van der Waals surface area (Å²) in [6, 6.07) is 12.5. The topological polar surface area (TPSA) is 62.0 Å². The number of amides is 1. The van der Waals surface area contributed by atoms with Crippen molar-refractivity contribution in [1.29, 1.82) is 0 Å². The van der Waals surface area contributed by atoms with E-state index in [0.29, 0.717) is 34.1 Å². The van der Waals surface area contributed by atoms with E-state index in [2.05, 4.69) is 10.3 Å². The molecule has 1 amide bonds. The molecule has 0 aliphatic heterocycles. The standard InChI is InChI=1S/C19H16Cl2N2O2/c1-11-2-3-12-9-13(18(24)23-17(12)8-11)6-7-22-19(25)15-10-14(20)4-5-16(15)21/h2-5,8-10H,6-7H2,1H3,(H,22,25)(H,23,24). The lowest BCUT2D eigenvalue weighted by Gasteiger charge is -2.08. The Hall–Kier alpha value is -2.30. The van der Waals surface area contributed by atoms with E-state index >= 15 is 0 Å². The first-order valence-electron chi connectivity index (χ1n) is 7.80. The summed E-state index contributed by atoms with van der Waals surface area (Å²) in [7, 11) is 0. The van der Waals surface area contributed by atoms with E-state index in [-0.39, 0.29) is 11.5 Å². The second kappa shape index (κ2) is 7.30. The number of carbonyl (C=O) groups is 1. The van der Waals surface area contributed by atoms with Gasteiger partial charge in [-0.05, 0) is 54.6 Å². The summed E-state index contributed by atoms with van der Waals surface area (Å²) in [6.07, 6.45) is 0.420. The minimum Gasteiger partial charge on any atom is -0.352 e. The predicted molar refractivity (Wildman–Crippen MR) is 102 cm³/mol. The number of hydrogen-bond donors (Lipinski definition) is 2. The molecule has 3 rings (SSSR count). The molecule has 0 aliphatic carbocycles. The van der Waals surface area contributed by atoms with Crippen molar-refractivity contribution in [2.75, 3.05) is 6.54 Å². The quantitative estimate of drug-likeness (QED) is 0.721. The van der Waals surface area contributed by atoms with Crippen LogP contribution in [-0.4, -0.2) is 17.4 Å². The summed E-state index contributed by atoms with van der Waals surface area (Å²) in [5, 5.41) is 4.50. The molecule has 0 saturated heterocycles. The van der Waals surface area contributed by atoms with Gasteiger partial charge in [0.15, 0.2) is 0 Å². The molecular formula is C19H16Cl2N2O2. The number of aromatic amines is 1. The molecule has 0 aliphatic rings. The summed E-state index contributed by atoms with van der Waals surface area (Å²) in [4.78, 5) is 27.3. The van der Waals surface area contributed by atoms with Crippen LogP contribution in [0.5, 0.6) is 0 Å². The molecule has 4 nitrogen and oxygen atoms in total. The highest BCUT2D eigenvalue weighted by Gasteiger charge is 2.11. The van der Waals surface area contributed by atoms with Crippen LogP contribution in [-0.2, 0) is 6.42 Å². The van der Waals surface area contributed by atoms with Gasteiger partial charge in [0.2, 0.25) is 0 Å². The Balaban J connectivity index is 1.71. The first-order chi connectivity index (χ1) is 11.9. The van der Waals surface area contributed by atoms with Gasteiger partial charge in [0.1, 0.15) is 0 Å². The van der Waals surface area contributed by atoms with E-state index in [9.17, 15) is 9.59 Å². The van der Waals surface area contributed by atoms with E-state index in [0.717, 1.165) is 16.5 Å². The summed E-state index contributed by atoms with van der Waals surface area (Å²) >= 11 is 11.9. The van der Waals surface area contributed by atoms with E-state index in [1.807, 2.05) is 31.2 Å². The van der Waals surface area contributed by atoms with Gasteiger partial charge in [-0.2, -0.15) is 0 Å². The van der Waals surface area contributed by atoms with Gasteiger partial charge in [0.05, 0.1) is 10.6 Å². The van der Waals surface area contributed by atoms with Crippen LogP contribution < -0.4 is 10.9 Å². The largest absolute Gasteiger partial charge is 0.352 e. The minimum atomic E-state index is -0.319. The zero-order valence-corrected chi connectivity index (χ0v) is 15.0. The van der Waals surface area contributed by atoms with Gasteiger partial charge >= 0.3 is 0 Å². The average molecular weight is 375 g/mol.